The molecule has 1 saturated heterocycles. The maximum atomic E-state index is 13.4. The van der Waals surface area contributed by atoms with Crippen LogP contribution in [0.25, 0.3) is 0 Å². The van der Waals surface area contributed by atoms with Crippen LogP contribution in [0.2, 0.25) is 0 Å². The molecule has 3 aliphatic rings. The van der Waals surface area contributed by atoms with E-state index in [-0.39, 0.29) is 29.4 Å². The zero-order valence-corrected chi connectivity index (χ0v) is 18.2. The van der Waals surface area contributed by atoms with Gasteiger partial charge >= 0.3 is 0 Å². The molecule has 1 aromatic rings. The van der Waals surface area contributed by atoms with E-state index in [0.29, 0.717) is 50.6 Å². The summed E-state index contributed by atoms with van der Waals surface area (Å²) in [4.78, 5) is 26.8. The van der Waals surface area contributed by atoms with Gasteiger partial charge in [0.15, 0.2) is 17.3 Å². The molecule has 4 rings (SSSR count). The number of ether oxygens (including phenoxy) is 3. The number of methoxy groups -OCH3 is 2. The minimum Gasteiger partial charge on any atom is -0.493 e. The van der Waals surface area contributed by atoms with Crippen molar-refractivity contribution in [2.45, 2.75) is 39.0 Å². The van der Waals surface area contributed by atoms with Gasteiger partial charge in [0.05, 0.1) is 27.4 Å². The van der Waals surface area contributed by atoms with E-state index in [1.165, 1.54) is 0 Å². The van der Waals surface area contributed by atoms with E-state index in [9.17, 15) is 9.59 Å². The molecule has 0 N–H and O–H groups in total. The van der Waals surface area contributed by atoms with Gasteiger partial charge in [0.1, 0.15) is 0 Å². The number of Topliss-reactive ketones (excluding diaryl/α,β-unsaturated/α-hetero) is 1. The fourth-order valence-electron chi connectivity index (χ4n) is 4.93. The van der Waals surface area contributed by atoms with E-state index in [2.05, 4.69) is 13.8 Å². The first-order chi connectivity index (χ1) is 14.4. The predicted molar refractivity (Wildman–Crippen MR) is 111 cm³/mol. The van der Waals surface area contributed by atoms with Crippen molar-refractivity contribution >= 4 is 11.7 Å². The fraction of sp³-hybridized carbons (Fsp3) is 0.565. The number of hydrogen-bond donors (Lipinski definition) is 0. The normalized spacial score (nSPS) is 24.7. The third-order valence-corrected chi connectivity index (χ3v) is 6.19. The average Bonchev–Trinajstić information content (AvgIpc) is 2.72. The number of ketones is 1. The summed E-state index contributed by atoms with van der Waals surface area (Å²) in [6.45, 7) is 6.63. The Morgan fingerprint density at radius 3 is 2.47 bits per heavy atom. The molecule has 0 radical (unpaired) electrons. The first-order valence-corrected chi connectivity index (χ1v) is 10.5. The second-order valence-corrected chi connectivity index (χ2v) is 8.91. The number of morpholine rings is 1. The molecule has 2 heterocycles. The number of allylic oxidation sites excluding steroid dienone is 2. The predicted octanol–water partition coefficient (Wildman–Crippen LogP) is 2.91. The Morgan fingerprint density at radius 2 is 1.80 bits per heavy atom. The van der Waals surface area contributed by atoms with E-state index >= 15 is 0 Å². The van der Waals surface area contributed by atoms with E-state index < -0.39 is 0 Å². The lowest BCUT2D eigenvalue weighted by molar-refractivity contribution is -0.154. The molecule has 0 aromatic heterocycles. The molecular formula is C23H30N2O5. The number of hydrazine groups is 1. The van der Waals surface area contributed by atoms with Gasteiger partial charge < -0.3 is 14.2 Å². The monoisotopic (exact) mass is 414 g/mol. The number of benzene rings is 1. The van der Waals surface area contributed by atoms with Crippen molar-refractivity contribution in [3.63, 3.8) is 0 Å². The molecular weight excluding hydrogens is 384 g/mol. The van der Waals surface area contributed by atoms with Gasteiger partial charge in [0.2, 0.25) is 5.91 Å². The second-order valence-electron chi connectivity index (χ2n) is 8.91. The fourth-order valence-corrected chi connectivity index (χ4v) is 4.93. The van der Waals surface area contributed by atoms with Crippen molar-refractivity contribution in [1.29, 1.82) is 0 Å². The van der Waals surface area contributed by atoms with Crippen LogP contribution in [0.5, 0.6) is 11.5 Å². The summed E-state index contributed by atoms with van der Waals surface area (Å²) in [5.41, 5.74) is 2.21. The highest BCUT2D eigenvalue weighted by Gasteiger charge is 2.46. The molecule has 0 bridgehead atoms. The average molecular weight is 415 g/mol. The summed E-state index contributed by atoms with van der Waals surface area (Å²) in [5, 5.41) is 3.81. The number of hydrogen-bond acceptors (Lipinski definition) is 6. The number of para-hydroxylation sites is 1. The van der Waals surface area contributed by atoms with E-state index in [1.54, 1.807) is 19.2 Å². The summed E-state index contributed by atoms with van der Waals surface area (Å²) in [5.74, 6) is 0.974. The highest BCUT2D eigenvalue weighted by molar-refractivity contribution is 6.02. The van der Waals surface area contributed by atoms with Crippen LogP contribution in [0.15, 0.2) is 29.5 Å². The molecule has 1 unspecified atom stereocenters. The minimum atomic E-state index is -0.335. The number of carbonyl (C=O) groups is 2. The van der Waals surface area contributed by atoms with E-state index in [0.717, 1.165) is 16.8 Å². The lowest BCUT2D eigenvalue weighted by Crippen LogP contribution is -2.55. The quantitative estimate of drug-likeness (QED) is 0.755. The molecule has 0 saturated carbocycles. The molecule has 7 heteroatoms. The van der Waals surface area contributed by atoms with Gasteiger partial charge in [0.25, 0.3) is 0 Å². The summed E-state index contributed by atoms with van der Waals surface area (Å²) in [7, 11) is 3.18. The van der Waals surface area contributed by atoms with E-state index in [1.807, 2.05) is 23.2 Å². The van der Waals surface area contributed by atoms with Crippen molar-refractivity contribution in [1.82, 2.24) is 10.0 Å². The third-order valence-electron chi connectivity index (χ3n) is 6.19. The van der Waals surface area contributed by atoms with Gasteiger partial charge in [-0.3, -0.25) is 9.59 Å². The number of carbonyl (C=O) groups excluding carboxylic acids is 2. The Balaban J connectivity index is 1.86. The Kier molecular flexibility index (Phi) is 5.59. The van der Waals surface area contributed by atoms with Crippen LogP contribution in [0.4, 0.5) is 0 Å². The van der Waals surface area contributed by atoms with Crippen LogP contribution in [0.1, 0.15) is 44.6 Å². The molecule has 1 fully saturated rings. The van der Waals surface area contributed by atoms with Gasteiger partial charge in [0, 0.05) is 48.7 Å². The lowest BCUT2D eigenvalue weighted by Gasteiger charge is -2.47. The molecule has 30 heavy (non-hydrogen) atoms. The topological polar surface area (TPSA) is 68.3 Å². The number of amides is 1. The van der Waals surface area contributed by atoms with Gasteiger partial charge in [-0.25, -0.2) is 10.0 Å². The van der Waals surface area contributed by atoms with Crippen LogP contribution < -0.4 is 9.47 Å². The summed E-state index contributed by atoms with van der Waals surface area (Å²) in [6.07, 6.45) is 1.38. The van der Waals surface area contributed by atoms with Crippen molar-refractivity contribution in [2.75, 3.05) is 40.5 Å². The molecule has 7 nitrogen and oxygen atoms in total. The maximum absolute atomic E-state index is 13.4. The SMILES string of the molecule is COc1cccc(C2CC(=O)N(N3CCOCC3)C3=C2C(=O)CC(C)(C)C3)c1OC. The maximum Gasteiger partial charge on any atom is 0.242 e. The molecule has 0 spiro atoms. The second kappa shape index (κ2) is 8.04. The van der Waals surface area contributed by atoms with Gasteiger partial charge in [-0.15, -0.1) is 0 Å². The van der Waals surface area contributed by atoms with Crippen LogP contribution >= 0.6 is 0 Å². The molecule has 2 aliphatic heterocycles. The zero-order valence-electron chi connectivity index (χ0n) is 18.2. The summed E-state index contributed by atoms with van der Waals surface area (Å²) >= 11 is 0. The lowest BCUT2D eigenvalue weighted by atomic mass is 9.69. The molecule has 1 amide bonds. The van der Waals surface area contributed by atoms with Crippen LogP contribution in [0, 0.1) is 5.41 Å². The smallest absolute Gasteiger partial charge is 0.242 e. The Labute approximate surface area is 177 Å². The Morgan fingerprint density at radius 1 is 1.07 bits per heavy atom. The standard InChI is InChI=1S/C23H30N2O5/c1-23(2)13-17-21(18(26)14-23)16(15-6-5-7-19(28-3)22(15)29-4)12-20(27)25(17)24-8-10-30-11-9-24/h5-7,16H,8-14H2,1-4H3. The van der Waals surface area contributed by atoms with Crippen LogP contribution in [-0.4, -0.2) is 62.2 Å². The van der Waals surface area contributed by atoms with Gasteiger partial charge in [-0.2, -0.15) is 0 Å². The number of nitrogens with zero attached hydrogens (tertiary/aromatic N) is 2. The molecule has 1 aliphatic carbocycles. The summed E-state index contributed by atoms with van der Waals surface area (Å²) in [6, 6.07) is 5.64. The van der Waals surface area contributed by atoms with E-state index in [4.69, 9.17) is 14.2 Å². The van der Waals surface area contributed by atoms with Gasteiger partial charge in [-0.05, 0) is 17.9 Å². The van der Waals surface area contributed by atoms with Crippen LogP contribution in [-0.2, 0) is 14.3 Å². The van der Waals surface area contributed by atoms with Crippen molar-refractivity contribution in [3.05, 3.63) is 35.0 Å². The van der Waals surface area contributed by atoms with Crippen LogP contribution in [0.3, 0.4) is 0 Å². The largest absolute Gasteiger partial charge is 0.493 e. The number of rotatable bonds is 4. The molecule has 1 atom stereocenters. The first kappa shape index (κ1) is 20.9. The Hall–Kier alpha value is -2.38. The van der Waals surface area contributed by atoms with Crippen molar-refractivity contribution in [3.8, 4) is 11.5 Å². The van der Waals surface area contributed by atoms with Crippen molar-refractivity contribution in [2.24, 2.45) is 5.41 Å². The first-order valence-electron chi connectivity index (χ1n) is 10.5. The third kappa shape index (κ3) is 3.61. The highest BCUT2D eigenvalue weighted by atomic mass is 16.5. The minimum absolute atomic E-state index is 0.0102. The molecule has 1 aromatic carbocycles. The van der Waals surface area contributed by atoms with Gasteiger partial charge in [-0.1, -0.05) is 26.0 Å². The Bertz CT molecular complexity index is 886. The molecule has 162 valence electrons. The zero-order chi connectivity index (χ0) is 21.5. The highest BCUT2D eigenvalue weighted by Crippen LogP contribution is 2.50. The van der Waals surface area contributed by atoms with Crippen molar-refractivity contribution < 1.29 is 23.8 Å². The summed E-state index contributed by atoms with van der Waals surface area (Å²) < 4.78 is 16.6.